The Labute approximate surface area is 118 Å². The first kappa shape index (κ1) is 16.2. The number of hydrogen-bond acceptors (Lipinski definition) is 3. The van der Waals surface area contributed by atoms with Gasteiger partial charge in [0.15, 0.2) is 0 Å². The Balaban J connectivity index is 2.55. The number of carbonyl (C=O) groups is 2. The third-order valence-corrected chi connectivity index (χ3v) is 3.11. The maximum Gasteiger partial charge on any atom is 0.303 e. The molecule has 1 aromatic rings. The smallest absolute Gasteiger partial charge is 0.303 e. The van der Waals surface area contributed by atoms with E-state index in [-0.39, 0.29) is 25.5 Å². The van der Waals surface area contributed by atoms with Crippen LogP contribution in [0.3, 0.4) is 0 Å². The van der Waals surface area contributed by atoms with E-state index in [1.807, 2.05) is 12.1 Å². The number of hydrogen-bond donors (Lipinski definition) is 3. The lowest BCUT2D eigenvalue weighted by atomic mass is 10.0. The van der Waals surface area contributed by atoms with Gasteiger partial charge in [-0.3, -0.25) is 9.59 Å². The number of nitrogens with one attached hydrogen (secondary N) is 1. The highest BCUT2D eigenvalue weighted by atomic mass is 16.4. The van der Waals surface area contributed by atoms with Gasteiger partial charge in [0.1, 0.15) is 0 Å². The average Bonchev–Trinajstić information content (AvgIpc) is 2.42. The van der Waals surface area contributed by atoms with E-state index in [9.17, 15) is 9.59 Å². The van der Waals surface area contributed by atoms with Crippen molar-refractivity contribution in [3.63, 3.8) is 0 Å². The van der Waals surface area contributed by atoms with Crippen molar-refractivity contribution in [2.24, 2.45) is 5.92 Å². The van der Waals surface area contributed by atoms with Crippen molar-refractivity contribution in [1.82, 2.24) is 5.32 Å². The monoisotopic (exact) mass is 279 g/mol. The molecule has 0 aliphatic heterocycles. The van der Waals surface area contributed by atoms with Gasteiger partial charge in [0, 0.05) is 24.6 Å². The van der Waals surface area contributed by atoms with Crippen LogP contribution in [0.4, 0.5) is 0 Å². The van der Waals surface area contributed by atoms with Crippen molar-refractivity contribution in [2.45, 2.75) is 26.2 Å². The van der Waals surface area contributed by atoms with Crippen LogP contribution in [0.15, 0.2) is 24.3 Å². The molecule has 0 aromatic heterocycles. The van der Waals surface area contributed by atoms with Gasteiger partial charge in [-0.1, -0.05) is 26.0 Å². The van der Waals surface area contributed by atoms with Crippen LogP contribution in [-0.2, 0) is 4.79 Å². The molecule has 0 spiro atoms. The molecule has 0 bridgehead atoms. The maximum absolute atomic E-state index is 11.9. The molecular formula is C15H21NO4. The van der Waals surface area contributed by atoms with E-state index in [0.717, 1.165) is 5.56 Å². The lowest BCUT2D eigenvalue weighted by molar-refractivity contribution is -0.138. The second kappa shape index (κ2) is 7.65. The van der Waals surface area contributed by atoms with Crippen molar-refractivity contribution < 1.29 is 19.8 Å². The Hall–Kier alpha value is -1.88. The summed E-state index contributed by atoms with van der Waals surface area (Å²) < 4.78 is 0. The summed E-state index contributed by atoms with van der Waals surface area (Å²) in [5, 5.41) is 20.3. The lowest BCUT2D eigenvalue weighted by Crippen LogP contribution is -2.31. The summed E-state index contributed by atoms with van der Waals surface area (Å²) in [4.78, 5) is 22.5. The molecule has 1 aromatic carbocycles. The molecule has 0 radical (unpaired) electrons. The van der Waals surface area contributed by atoms with E-state index in [0.29, 0.717) is 11.5 Å². The molecule has 0 aliphatic rings. The number of carboxylic acid groups (broad SMARTS) is 1. The highest BCUT2D eigenvalue weighted by Crippen LogP contribution is 2.14. The third-order valence-electron chi connectivity index (χ3n) is 3.11. The summed E-state index contributed by atoms with van der Waals surface area (Å²) >= 11 is 0. The van der Waals surface area contributed by atoms with Gasteiger partial charge >= 0.3 is 5.97 Å². The zero-order chi connectivity index (χ0) is 15.1. The Morgan fingerprint density at radius 2 is 1.80 bits per heavy atom. The Morgan fingerprint density at radius 3 is 2.25 bits per heavy atom. The fraction of sp³-hybridized carbons (Fsp3) is 0.467. The number of amides is 1. The van der Waals surface area contributed by atoms with E-state index in [1.165, 1.54) is 0 Å². The maximum atomic E-state index is 11.9. The molecule has 0 heterocycles. The number of benzene rings is 1. The van der Waals surface area contributed by atoms with Crippen LogP contribution in [0.1, 0.15) is 42.1 Å². The summed E-state index contributed by atoms with van der Waals surface area (Å²) in [5.41, 5.74) is 1.68. The summed E-state index contributed by atoms with van der Waals surface area (Å²) in [7, 11) is 0. The summed E-state index contributed by atoms with van der Waals surface area (Å²) in [6.07, 6.45) is -0.164. The minimum absolute atomic E-state index is 0.146. The molecule has 1 amide bonds. The first-order valence-corrected chi connectivity index (χ1v) is 6.64. The number of aliphatic carboxylic acids is 1. The molecule has 0 saturated carbocycles. The fourth-order valence-electron chi connectivity index (χ4n) is 1.81. The van der Waals surface area contributed by atoms with Crippen molar-refractivity contribution >= 4 is 11.9 Å². The van der Waals surface area contributed by atoms with Gasteiger partial charge in [-0.25, -0.2) is 0 Å². The second-order valence-corrected chi connectivity index (χ2v) is 5.13. The SMILES string of the molecule is CC(C)c1ccc(C(=O)NCC(CO)CC(=O)O)cc1. The van der Waals surface area contributed by atoms with Gasteiger partial charge in [0.2, 0.25) is 0 Å². The lowest BCUT2D eigenvalue weighted by Gasteiger charge is -2.13. The quantitative estimate of drug-likeness (QED) is 0.708. The van der Waals surface area contributed by atoms with Gasteiger partial charge in [-0.05, 0) is 23.6 Å². The van der Waals surface area contributed by atoms with Crippen LogP contribution >= 0.6 is 0 Å². The van der Waals surface area contributed by atoms with Crippen LogP contribution in [0.5, 0.6) is 0 Å². The minimum Gasteiger partial charge on any atom is -0.481 e. The first-order chi connectivity index (χ1) is 9.43. The molecule has 1 unspecified atom stereocenters. The van der Waals surface area contributed by atoms with Gasteiger partial charge in [-0.2, -0.15) is 0 Å². The molecule has 0 saturated heterocycles. The molecule has 1 atom stereocenters. The highest BCUT2D eigenvalue weighted by molar-refractivity contribution is 5.94. The van der Waals surface area contributed by atoms with Crippen molar-refractivity contribution in [1.29, 1.82) is 0 Å². The van der Waals surface area contributed by atoms with Gasteiger partial charge < -0.3 is 15.5 Å². The zero-order valence-corrected chi connectivity index (χ0v) is 11.8. The molecule has 20 heavy (non-hydrogen) atoms. The molecule has 0 fully saturated rings. The third kappa shape index (κ3) is 5.01. The zero-order valence-electron chi connectivity index (χ0n) is 11.8. The van der Waals surface area contributed by atoms with E-state index >= 15 is 0 Å². The van der Waals surface area contributed by atoms with E-state index < -0.39 is 11.9 Å². The van der Waals surface area contributed by atoms with Crippen molar-refractivity contribution in [3.05, 3.63) is 35.4 Å². The van der Waals surface area contributed by atoms with E-state index in [2.05, 4.69) is 19.2 Å². The van der Waals surface area contributed by atoms with Gasteiger partial charge in [0.05, 0.1) is 6.42 Å². The number of carbonyl (C=O) groups excluding carboxylic acids is 1. The summed E-state index contributed by atoms with van der Waals surface area (Å²) in [5.74, 6) is -1.31. The molecule has 3 N–H and O–H groups in total. The van der Waals surface area contributed by atoms with Gasteiger partial charge in [0.25, 0.3) is 5.91 Å². The summed E-state index contributed by atoms with van der Waals surface area (Å²) in [6, 6.07) is 7.30. The molecule has 110 valence electrons. The predicted octanol–water partition coefficient (Wildman–Crippen LogP) is 1.62. The number of carboxylic acids is 1. The van der Waals surface area contributed by atoms with Crippen LogP contribution < -0.4 is 5.32 Å². The highest BCUT2D eigenvalue weighted by Gasteiger charge is 2.14. The van der Waals surface area contributed by atoms with Gasteiger partial charge in [-0.15, -0.1) is 0 Å². The second-order valence-electron chi connectivity index (χ2n) is 5.13. The van der Waals surface area contributed by atoms with E-state index in [4.69, 9.17) is 10.2 Å². The topological polar surface area (TPSA) is 86.6 Å². The molecular weight excluding hydrogens is 258 g/mol. The summed E-state index contributed by atoms with van der Waals surface area (Å²) in [6.45, 7) is 4.03. The van der Waals surface area contributed by atoms with Crippen LogP contribution in [0.25, 0.3) is 0 Å². The van der Waals surface area contributed by atoms with Crippen LogP contribution in [0, 0.1) is 5.92 Å². The van der Waals surface area contributed by atoms with E-state index in [1.54, 1.807) is 12.1 Å². The first-order valence-electron chi connectivity index (χ1n) is 6.64. The number of aliphatic hydroxyl groups excluding tert-OH is 1. The Bertz CT molecular complexity index is 453. The van der Waals surface area contributed by atoms with Crippen LogP contribution in [0.2, 0.25) is 0 Å². The molecule has 5 nitrogen and oxygen atoms in total. The normalized spacial score (nSPS) is 12.2. The average molecular weight is 279 g/mol. The number of rotatable bonds is 7. The molecule has 1 rings (SSSR count). The Morgan fingerprint density at radius 1 is 1.20 bits per heavy atom. The van der Waals surface area contributed by atoms with Crippen molar-refractivity contribution in [3.8, 4) is 0 Å². The minimum atomic E-state index is -0.986. The standard InChI is InChI=1S/C15H21NO4/c1-10(2)12-3-5-13(6-4-12)15(20)16-8-11(9-17)7-14(18)19/h3-6,10-11,17H,7-9H2,1-2H3,(H,16,20)(H,18,19). The Kier molecular flexibility index (Phi) is 6.18. The molecule has 5 heteroatoms. The van der Waals surface area contributed by atoms with Crippen LogP contribution in [-0.4, -0.2) is 35.2 Å². The number of aliphatic hydroxyl groups is 1. The fourth-order valence-corrected chi connectivity index (χ4v) is 1.81. The predicted molar refractivity (Wildman–Crippen MR) is 75.7 cm³/mol. The largest absolute Gasteiger partial charge is 0.481 e. The molecule has 0 aliphatic carbocycles. The van der Waals surface area contributed by atoms with Crippen molar-refractivity contribution in [2.75, 3.05) is 13.2 Å².